The van der Waals surface area contributed by atoms with Gasteiger partial charge in [-0.25, -0.2) is 4.79 Å². The molecule has 0 aromatic heterocycles. The molecule has 1 aliphatic rings. The first-order chi connectivity index (χ1) is 9.08. The second kappa shape index (κ2) is 5.56. The average Bonchev–Trinajstić information content (AvgIpc) is 2.82. The second-order valence-corrected chi connectivity index (χ2v) is 4.57. The number of likely N-dealkylation sites (tertiary alicyclic amines) is 1. The number of hydrogen-bond donors (Lipinski definition) is 2. The van der Waals surface area contributed by atoms with Crippen LogP contribution < -0.4 is 0 Å². The summed E-state index contributed by atoms with van der Waals surface area (Å²) in [7, 11) is 0. The Hall–Kier alpha value is -2.30. The zero-order chi connectivity index (χ0) is 13.8. The van der Waals surface area contributed by atoms with Gasteiger partial charge >= 0.3 is 12.1 Å². The number of carboxylic acid groups (broad SMARTS) is 2. The fourth-order valence-corrected chi connectivity index (χ4v) is 2.24. The fourth-order valence-electron chi connectivity index (χ4n) is 2.24. The van der Waals surface area contributed by atoms with Crippen LogP contribution >= 0.6 is 0 Å². The average molecular weight is 261 g/mol. The second-order valence-electron chi connectivity index (χ2n) is 4.57. The van der Waals surface area contributed by atoms with Gasteiger partial charge in [-0.1, -0.05) is 42.5 Å². The predicted octanol–water partition coefficient (Wildman–Crippen LogP) is 2.01. The molecule has 5 nitrogen and oxygen atoms in total. The van der Waals surface area contributed by atoms with Crippen LogP contribution in [0, 0.1) is 11.8 Å². The summed E-state index contributed by atoms with van der Waals surface area (Å²) in [6.45, 7) is 0.282. The van der Waals surface area contributed by atoms with Crippen molar-refractivity contribution in [3.63, 3.8) is 0 Å². The Labute approximate surface area is 110 Å². The molecule has 0 spiro atoms. The molecule has 1 aliphatic heterocycles. The van der Waals surface area contributed by atoms with Crippen LogP contribution in [0.4, 0.5) is 4.79 Å². The highest BCUT2D eigenvalue weighted by Crippen LogP contribution is 2.25. The van der Waals surface area contributed by atoms with Gasteiger partial charge in [0, 0.05) is 19.0 Å². The molecule has 2 rings (SSSR count). The molecule has 2 atom stereocenters. The highest BCUT2D eigenvalue weighted by molar-refractivity contribution is 5.74. The van der Waals surface area contributed by atoms with E-state index in [0.29, 0.717) is 0 Å². The van der Waals surface area contributed by atoms with E-state index in [4.69, 9.17) is 10.2 Å². The molecule has 1 aromatic rings. The Morgan fingerprint density at radius 3 is 2.42 bits per heavy atom. The molecule has 19 heavy (non-hydrogen) atoms. The third-order valence-electron chi connectivity index (χ3n) is 3.29. The molecule has 0 unspecified atom stereocenters. The molecule has 1 saturated heterocycles. The van der Waals surface area contributed by atoms with Crippen molar-refractivity contribution in [1.82, 2.24) is 4.90 Å². The number of benzene rings is 1. The van der Waals surface area contributed by atoms with Crippen LogP contribution in [0.2, 0.25) is 0 Å². The number of hydrogen-bond acceptors (Lipinski definition) is 2. The molecule has 0 aliphatic carbocycles. The summed E-state index contributed by atoms with van der Waals surface area (Å²) in [6, 6.07) is 9.52. The molecular weight excluding hydrogens is 246 g/mol. The van der Waals surface area contributed by atoms with Gasteiger partial charge in [-0.3, -0.25) is 4.79 Å². The van der Waals surface area contributed by atoms with Gasteiger partial charge in [-0.15, -0.1) is 0 Å². The van der Waals surface area contributed by atoms with Gasteiger partial charge in [-0.05, 0) is 5.56 Å². The highest BCUT2D eigenvalue weighted by atomic mass is 16.4. The van der Waals surface area contributed by atoms with E-state index in [0.717, 1.165) is 10.5 Å². The Morgan fingerprint density at radius 1 is 1.16 bits per heavy atom. The summed E-state index contributed by atoms with van der Waals surface area (Å²) in [5.41, 5.74) is 0.973. The molecule has 1 aromatic carbocycles. The summed E-state index contributed by atoms with van der Waals surface area (Å²) < 4.78 is 0. The lowest BCUT2D eigenvalue weighted by Crippen LogP contribution is -2.28. The van der Waals surface area contributed by atoms with Crippen molar-refractivity contribution < 1.29 is 19.8 Å². The van der Waals surface area contributed by atoms with E-state index in [1.165, 1.54) is 0 Å². The van der Waals surface area contributed by atoms with E-state index in [2.05, 4.69) is 0 Å². The molecule has 2 N–H and O–H groups in total. The number of rotatable bonds is 3. The Balaban J connectivity index is 2.11. The summed E-state index contributed by atoms with van der Waals surface area (Å²) in [5.74, 6) is -1.91. The molecule has 0 radical (unpaired) electrons. The zero-order valence-electron chi connectivity index (χ0n) is 10.3. The third kappa shape index (κ3) is 3.13. The first kappa shape index (κ1) is 13.1. The van der Waals surface area contributed by atoms with Crippen LogP contribution in [0.3, 0.4) is 0 Å². The van der Waals surface area contributed by atoms with Gasteiger partial charge in [0.1, 0.15) is 0 Å². The lowest BCUT2D eigenvalue weighted by atomic mass is 9.95. The number of carboxylic acids is 1. The minimum atomic E-state index is -1.07. The largest absolute Gasteiger partial charge is 0.481 e. The first-order valence-electron chi connectivity index (χ1n) is 6.02. The summed E-state index contributed by atoms with van der Waals surface area (Å²) >= 11 is 0. The summed E-state index contributed by atoms with van der Waals surface area (Å²) in [5, 5.41) is 18.1. The molecule has 1 amide bonds. The topological polar surface area (TPSA) is 77.8 Å². The lowest BCUT2D eigenvalue weighted by molar-refractivity contribution is -0.141. The standard InChI is InChI=1S/C14H15NO4/c16-13(17)12-9-15(14(18)19)8-11(12)7-6-10-4-2-1-3-5-10/h1-7,11-12H,8-9H2,(H,16,17)(H,18,19)/t11-,12-/m0/s1. The monoisotopic (exact) mass is 261 g/mol. The van der Waals surface area contributed by atoms with Crippen LogP contribution in [-0.2, 0) is 4.79 Å². The quantitative estimate of drug-likeness (QED) is 0.872. The van der Waals surface area contributed by atoms with E-state index in [1.807, 2.05) is 36.4 Å². The Morgan fingerprint density at radius 2 is 1.84 bits per heavy atom. The van der Waals surface area contributed by atoms with Crippen LogP contribution in [0.15, 0.2) is 36.4 Å². The molecule has 5 heteroatoms. The van der Waals surface area contributed by atoms with E-state index in [-0.39, 0.29) is 19.0 Å². The van der Waals surface area contributed by atoms with Crippen LogP contribution in [-0.4, -0.2) is 40.3 Å². The summed E-state index contributed by atoms with van der Waals surface area (Å²) in [4.78, 5) is 23.2. The number of aliphatic carboxylic acids is 1. The van der Waals surface area contributed by atoms with E-state index in [1.54, 1.807) is 6.08 Å². The number of nitrogens with zero attached hydrogens (tertiary/aromatic N) is 1. The zero-order valence-corrected chi connectivity index (χ0v) is 10.3. The van der Waals surface area contributed by atoms with E-state index in [9.17, 15) is 9.59 Å². The number of amides is 1. The van der Waals surface area contributed by atoms with Crippen molar-refractivity contribution >= 4 is 18.1 Å². The molecule has 1 fully saturated rings. The van der Waals surface area contributed by atoms with Crippen molar-refractivity contribution in [3.8, 4) is 0 Å². The fraction of sp³-hybridized carbons (Fsp3) is 0.286. The van der Waals surface area contributed by atoms with Gasteiger partial charge in [0.25, 0.3) is 0 Å². The Kier molecular flexibility index (Phi) is 3.85. The van der Waals surface area contributed by atoms with Crippen molar-refractivity contribution in [1.29, 1.82) is 0 Å². The maximum atomic E-state index is 11.1. The first-order valence-corrected chi connectivity index (χ1v) is 6.02. The van der Waals surface area contributed by atoms with Crippen molar-refractivity contribution in [3.05, 3.63) is 42.0 Å². The van der Waals surface area contributed by atoms with E-state index < -0.39 is 18.0 Å². The number of carbonyl (C=O) groups is 2. The third-order valence-corrected chi connectivity index (χ3v) is 3.29. The Bertz CT molecular complexity index is 497. The minimum absolute atomic E-state index is 0.0501. The minimum Gasteiger partial charge on any atom is -0.481 e. The van der Waals surface area contributed by atoms with Gasteiger partial charge in [0.05, 0.1) is 5.92 Å². The molecule has 1 heterocycles. The van der Waals surface area contributed by atoms with E-state index >= 15 is 0 Å². The van der Waals surface area contributed by atoms with Crippen LogP contribution in [0.1, 0.15) is 5.56 Å². The smallest absolute Gasteiger partial charge is 0.407 e. The highest BCUT2D eigenvalue weighted by Gasteiger charge is 2.38. The lowest BCUT2D eigenvalue weighted by Gasteiger charge is -2.09. The molecule has 0 bridgehead atoms. The normalized spacial score (nSPS) is 22.8. The van der Waals surface area contributed by atoms with Gasteiger partial charge < -0.3 is 15.1 Å². The van der Waals surface area contributed by atoms with Crippen LogP contribution in [0.5, 0.6) is 0 Å². The van der Waals surface area contributed by atoms with Crippen molar-refractivity contribution in [2.45, 2.75) is 0 Å². The maximum Gasteiger partial charge on any atom is 0.407 e. The van der Waals surface area contributed by atoms with Gasteiger partial charge in [0.15, 0.2) is 0 Å². The molecular formula is C14H15NO4. The van der Waals surface area contributed by atoms with Crippen molar-refractivity contribution in [2.75, 3.05) is 13.1 Å². The summed E-state index contributed by atoms with van der Waals surface area (Å²) in [6.07, 6.45) is 2.56. The van der Waals surface area contributed by atoms with Crippen LogP contribution in [0.25, 0.3) is 6.08 Å². The SMILES string of the molecule is O=C(O)[C@H]1CN(C(=O)O)C[C@@H]1C=Cc1ccccc1. The maximum absolute atomic E-state index is 11.1. The van der Waals surface area contributed by atoms with Crippen molar-refractivity contribution in [2.24, 2.45) is 11.8 Å². The van der Waals surface area contributed by atoms with Gasteiger partial charge in [0.2, 0.25) is 0 Å². The molecule has 100 valence electrons. The predicted molar refractivity (Wildman–Crippen MR) is 69.7 cm³/mol. The molecule has 0 saturated carbocycles. The van der Waals surface area contributed by atoms with Gasteiger partial charge in [-0.2, -0.15) is 0 Å².